The average molecular weight is 203 g/mol. The lowest BCUT2D eigenvalue weighted by molar-refractivity contribution is -0.169. The van der Waals surface area contributed by atoms with Crippen molar-refractivity contribution in [3.8, 4) is 0 Å². The second-order valence-electron chi connectivity index (χ2n) is 1.47. The Bertz CT molecular complexity index is 210. The molecule has 0 unspecified atom stereocenters. The highest BCUT2D eigenvalue weighted by molar-refractivity contribution is 6.27. The van der Waals surface area contributed by atoms with Gasteiger partial charge in [-0.1, -0.05) is 0 Å². The van der Waals surface area contributed by atoms with Gasteiger partial charge in [0, 0.05) is 0 Å². The predicted molar refractivity (Wildman–Crippen MR) is 30.5 cm³/mol. The topological polar surface area (TPSA) is 118 Å². The van der Waals surface area contributed by atoms with Gasteiger partial charge < -0.3 is 15.9 Å². The molecule has 0 fully saturated rings. The van der Waals surface area contributed by atoms with Crippen molar-refractivity contribution >= 4 is 17.8 Å². The first-order chi connectivity index (χ1) is 5.59. The van der Waals surface area contributed by atoms with Crippen LogP contribution in [0.1, 0.15) is 0 Å². The summed E-state index contributed by atoms with van der Waals surface area (Å²) in [6.07, 6.45) is -4.86. The van der Waals surface area contributed by atoms with E-state index in [0.717, 1.165) is 0 Å². The van der Waals surface area contributed by atoms with Gasteiger partial charge in [0.25, 0.3) is 0 Å². The Morgan fingerprint density at radius 2 is 1.15 bits per heavy atom. The molecule has 0 aromatic carbocycles. The number of halogens is 3. The smallest absolute Gasteiger partial charge is 0.470 e. The number of carboxylic acid groups (broad SMARTS) is 2. The molecule has 0 bridgehead atoms. The van der Waals surface area contributed by atoms with Gasteiger partial charge in [-0.2, -0.15) is 13.2 Å². The zero-order chi connectivity index (χ0) is 11.2. The van der Waals surface area contributed by atoms with Crippen molar-refractivity contribution in [2.45, 2.75) is 6.18 Å². The van der Waals surface area contributed by atoms with E-state index in [1.807, 2.05) is 0 Å². The van der Waals surface area contributed by atoms with Crippen LogP contribution in [-0.2, 0) is 14.4 Å². The zero-order valence-corrected chi connectivity index (χ0v) is 5.83. The second-order valence-corrected chi connectivity index (χ2v) is 1.47. The van der Waals surface area contributed by atoms with Crippen LogP contribution in [0.3, 0.4) is 0 Å². The second kappa shape index (κ2) is 4.95. The molecule has 1 amide bonds. The number of nitrogens with two attached hydrogens (primary N) is 1. The zero-order valence-electron chi connectivity index (χ0n) is 5.83. The fourth-order valence-corrected chi connectivity index (χ4v) is 0. The molecule has 76 valence electrons. The van der Waals surface area contributed by atoms with Crippen molar-refractivity contribution in [1.29, 1.82) is 0 Å². The summed E-state index contributed by atoms with van der Waals surface area (Å²) in [5.74, 6) is -5.91. The van der Waals surface area contributed by atoms with E-state index in [1.54, 1.807) is 0 Å². The van der Waals surface area contributed by atoms with Gasteiger partial charge in [-0.3, -0.25) is 4.79 Å². The number of carbonyl (C=O) groups is 3. The third kappa shape index (κ3) is 10.2. The van der Waals surface area contributed by atoms with Crippen LogP contribution in [0.15, 0.2) is 0 Å². The number of alkyl halides is 3. The van der Waals surface area contributed by atoms with Gasteiger partial charge in [-0.15, -0.1) is 0 Å². The standard InChI is InChI=1S/C2H2F3NO.C2H2O4/c3-2(4,5)1(6)7;3-1(4)2(5)6/h(H2,6,7);(H,3,4)(H,5,6). The fourth-order valence-electron chi connectivity index (χ4n) is 0. The Hall–Kier alpha value is -1.80. The summed E-state index contributed by atoms with van der Waals surface area (Å²) < 4.78 is 32.1. The van der Waals surface area contributed by atoms with Crippen LogP contribution in [0.5, 0.6) is 0 Å². The van der Waals surface area contributed by atoms with Crippen molar-refractivity contribution in [3.63, 3.8) is 0 Å². The molecular formula is C4H4F3NO5. The van der Waals surface area contributed by atoms with Crippen molar-refractivity contribution in [3.05, 3.63) is 0 Å². The number of carboxylic acids is 2. The summed E-state index contributed by atoms with van der Waals surface area (Å²) >= 11 is 0. The first kappa shape index (κ1) is 13.8. The molecule has 4 N–H and O–H groups in total. The molecule has 0 radical (unpaired) electrons. The maximum absolute atomic E-state index is 10.7. The molecule has 0 saturated heterocycles. The van der Waals surface area contributed by atoms with Crippen LogP contribution in [0.2, 0.25) is 0 Å². The Morgan fingerprint density at radius 3 is 1.15 bits per heavy atom. The molecule has 0 atom stereocenters. The summed E-state index contributed by atoms with van der Waals surface area (Å²) in [6, 6.07) is 0. The highest BCUT2D eigenvalue weighted by Crippen LogP contribution is 2.11. The number of hydrogen-bond donors (Lipinski definition) is 3. The maximum Gasteiger partial charge on any atom is 0.470 e. The maximum atomic E-state index is 10.7. The minimum Gasteiger partial charge on any atom is -0.473 e. The quantitative estimate of drug-likeness (QED) is 0.445. The van der Waals surface area contributed by atoms with E-state index in [9.17, 15) is 13.2 Å². The van der Waals surface area contributed by atoms with Gasteiger partial charge in [0.05, 0.1) is 0 Å². The Labute approximate surface area is 68.7 Å². The molecule has 0 saturated carbocycles. The van der Waals surface area contributed by atoms with Gasteiger partial charge in [0.15, 0.2) is 0 Å². The van der Waals surface area contributed by atoms with Gasteiger partial charge >= 0.3 is 24.0 Å². The van der Waals surface area contributed by atoms with E-state index >= 15 is 0 Å². The molecule has 0 aromatic rings. The van der Waals surface area contributed by atoms with E-state index in [0.29, 0.717) is 0 Å². The van der Waals surface area contributed by atoms with E-state index < -0.39 is 24.0 Å². The number of carbonyl (C=O) groups excluding carboxylic acids is 1. The van der Waals surface area contributed by atoms with Crippen molar-refractivity contribution < 1.29 is 37.8 Å². The number of amides is 1. The largest absolute Gasteiger partial charge is 0.473 e. The number of aliphatic carboxylic acids is 2. The molecule has 9 heteroatoms. The summed E-state index contributed by atoms with van der Waals surface area (Å²) in [7, 11) is 0. The minimum absolute atomic E-state index is 1.82. The molecule has 0 aliphatic carbocycles. The summed E-state index contributed by atoms with van der Waals surface area (Å²) in [4.78, 5) is 27.3. The normalized spacial score (nSPS) is 9.46. The SMILES string of the molecule is NC(=O)C(F)(F)F.O=C(O)C(=O)O. The van der Waals surface area contributed by atoms with E-state index in [4.69, 9.17) is 24.6 Å². The number of hydrogen-bond acceptors (Lipinski definition) is 3. The molecule has 0 heterocycles. The molecular weight excluding hydrogens is 199 g/mol. The first-order valence-corrected chi connectivity index (χ1v) is 2.42. The van der Waals surface area contributed by atoms with Crippen LogP contribution >= 0.6 is 0 Å². The molecule has 0 aliphatic heterocycles. The number of primary amides is 1. The van der Waals surface area contributed by atoms with Crippen molar-refractivity contribution in [1.82, 2.24) is 0 Å². The fraction of sp³-hybridized carbons (Fsp3) is 0.250. The molecule has 0 spiro atoms. The van der Waals surface area contributed by atoms with Crippen molar-refractivity contribution in [2.75, 3.05) is 0 Å². The van der Waals surface area contributed by atoms with Crippen LogP contribution in [0.4, 0.5) is 13.2 Å². The molecule has 0 rings (SSSR count). The van der Waals surface area contributed by atoms with Crippen LogP contribution in [-0.4, -0.2) is 34.2 Å². The van der Waals surface area contributed by atoms with Crippen LogP contribution in [0.25, 0.3) is 0 Å². The third-order valence-corrected chi connectivity index (χ3v) is 0.462. The molecule has 13 heavy (non-hydrogen) atoms. The average Bonchev–Trinajstić information content (AvgIpc) is 1.86. The number of rotatable bonds is 0. The lowest BCUT2D eigenvalue weighted by atomic mass is 10.6. The highest BCUT2D eigenvalue weighted by Gasteiger charge is 2.35. The molecule has 0 aliphatic rings. The van der Waals surface area contributed by atoms with Crippen LogP contribution in [0, 0.1) is 0 Å². The highest BCUT2D eigenvalue weighted by atomic mass is 19.4. The third-order valence-electron chi connectivity index (χ3n) is 0.462. The lowest BCUT2D eigenvalue weighted by Crippen LogP contribution is -2.30. The Kier molecular flexibility index (Phi) is 5.25. The monoisotopic (exact) mass is 203 g/mol. The van der Waals surface area contributed by atoms with Gasteiger partial charge in [-0.25, -0.2) is 9.59 Å². The first-order valence-electron chi connectivity index (χ1n) is 2.42. The van der Waals surface area contributed by atoms with Crippen molar-refractivity contribution in [2.24, 2.45) is 5.73 Å². The van der Waals surface area contributed by atoms with Gasteiger partial charge in [0.2, 0.25) is 0 Å². The molecule has 6 nitrogen and oxygen atoms in total. The van der Waals surface area contributed by atoms with Gasteiger partial charge in [0.1, 0.15) is 0 Å². The van der Waals surface area contributed by atoms with E-state index in [2.05, 4.69) is 5.73 Å². The summed E-state index contributed by atoms with van der Waals surface area (Å²) in [5.41, 5.74) is 3.81. The predicted octanol–water partition coefficient (Wildman–Crippen LogP) is -0.810. The lowest BCUT2D eigenvalue weighted by Gasteiger charge is -1.95. The Morgan fingerprint density at radius 1 is 1.00 bits per heavy atom. The Balaban J connectivity index is 0. The van der Waals surface area contributed by atoms with E-state index in [1.165, 1.54) is 0 Å². The summed E-state index contributed by atoms with van der Waals surface area (Å²) in [6.45, 7) is 0. The molecule has 0 aromatic heterocycles. The van der Waals surface area contributed by atoms with E-state index in [-0.39, 0.29) is 0 Å². The van der Waals surface area contributed by atoms with Crippen LogP contribution < -0.4 is 5.73 Å². The van der Waals surface area contributed by atoms with Gasteiger partial charge in [-0.05, 0) is 0 Å². The minimum atomic E-state index is -4.86. The summed E-state index contributed by atoms with van der Waals surface area (Å²) in [5, 5.41) is 14.8.